The number of benzene rings is 2. The van der Waals surface area contributed by atoms with E-state index >= 15 is 0 Å². The van der Waals surface area contributed by atoms with Crippen molar-refractivity contribution in [2.24, 2.45) is 0 Å². The highest BCUT2D eigenvalue weighted by Gasteiger charge is 2.30. The van der Waals surface area contributed by atoms with E-state index in [0.29, 0.717) is 24.2 Å². The lowest BCUT2D eigenvalue weighted by atomic mass is 9.78. The molecule has 0 aromatic heterocycles. The summed E-state index contributed by atoms with van der Waals surface area (Å²) in [6.07, 6.45) is 0.461. The predicted molar refractivity (Wildman–Crippen MR) is 101 cm³/mol. The molecule has 2 amide bonds. The minimum atomic E-state index is -0.796. The fraction of sp³-hybridized carbons (Fsp3) is 0.286. The number of amides is 2. The van der Waals surface area contributed by atoms with Gasteiger partial charge in [-0.3, -0.25) is 0 Å². The maximum atomic E-state index is 12.1. The molecule has 0 spiro atoms. The van der Waals surface area contributed by atoms with Crippen LogP contribution in [0.3, 0.4) is 0 Å². The molecule has 1 atom stereocenters. The number of aliphatic hydroxyl groups excluding tert-OH is 1. The van der Waals surface area contributed by atoms with Crippen molar-refractivity contribution in [2.75, 3.05) is 18.5 Å². The largest absolute Gasteiger partial charge is 0.395 e. The fourth-order valence-corrected chi connectivity index (χ4v) is 3.31. The molecule has 0 fully saturated rings. The maximum absolute atomic E-state index is 12.1. The Hall–Kier alpha value is -3.35. The molecule has 0 saturated carbocycles. The second kappa shape index (κ2) is 7.49. The summed E-state index contributed by atoms with van der Waals surface area (Å²) in [6.45, 7) is 2.47. The summed E-state index contributed by atoms with van der Waals surface area (Å²) in [5.74, 6) is 0. The average molecular weight is 360 g/mol. The molecule has 1 heterocycles. The third kappa shape index (κ3) is 3.76. The number of nitriles is 2. The van der Waals surface area contributed by atoms with Gasteiger partial charge in [0.1, 0.15) is 0 Å². The van der Waals surface area contributed by atoms with E-state index in [1.165, 1.54) is 0 Å². The van der Waals surface area contributed by atoms with Crippen LogP contribution in [0.5, 0.6) is 0 Å². The van der Waals surface area contributed by atoms with E-state index in [2.05, 4.69) is 17.5 Å². The van der Waals surface area contributed by atoms with Gasteiger partial charge in [-0.05, 0) is 48.2 Å². The van der Waals surface area contributed by atoms with Gasteiger partial charge in [-0.1, -0.05) is 24.3 Å². The van der Waals surface area contributed by atoms with Crippen molar-refractivity contribution in [3.63, 3.8) is 0 Å². The highest BCUT2D eigenvalue weighted by molar-refractivity contribution is 5.92. The number of rotatable bonds is 5. The van der Waals surface area contributed by atoms with Crippen molar-refractivity contribution < 1.29 is 9.90 Å². The van der Waals surface area contributed by atoms with Gasteiger partial charge in [0.2, 0.25) is 0 Å². The van der Waals surface area contributed by atoms with Crippen molar-refractivity contribution in [1.82, 2.24) is 4.90 Å². The first kappa shape index (κ1) is 18.4. The number of carbonyl (C=O) groups is 1. The summed E-state index contributed by atoms with van der Waals surface area (Å²) in [6, 6.07) is 17.2. The van der Waals surface area contributed by atoms with Crippen LogP contribution in [-0.2, 0) is 18.4 Å². The minimum Gasteiger partial charge on any atom is -0.395 e. The van der Waals surface area contributed by atoms with E-state index in [1.54, 1.807) is 17.0 Å². The first-order valence-corrected chi connectivity index (χ1v) is 8.69. The maximum Gasteiger partial charge on any atom is 0.322 e. The van der Waals surface area contributed by atoms with E-state index in [4.69, 9.17) is 10.4 Å². The van der Waals surface area contributed by atoms with Crippen molar-refractivity contribution in [3.05, 3.63) is 64.7 Å². The zero-order valence-electron chi connectivity index (χ0n) is 15.1. The Bertz CT molecular complexity index is 957. The number of β-amino-alcohol motifs (C(OH)–C–C–N with tert-alkyl or cyclic N) is 1. The number of urea groups is 1. The molecule has 0 bridgehead atoms. The van der Waals surface area contributed by atoms with Crippen LogP contribution in [0.2, 0.25) is 0 Å². The molecule has 0 saturated heterocycles. The van der Waals surface area contributed by atoms with Crippen molar-refractivity contribution in [3.8, 4) is 12.1 Å². The van der Waals surface area contributed by atoms with Gasteiger partial charge in [0, 0.05) is 18.8 Å². The number of carbonyl (C=O) groups excluding carboxylic acids is 1. The zero-order valence-corrected chi connectivity index (χ0v) is 15.1. The topological polar surface area (TPSA) is 100 Å². The molecule has 1 unspecified atom stereocenters. The smallest absolute Gasteiger partial charge is 0.322 e. The first-order valence-electron chi connectivity index (χ1n) is 8.69. The standard InChI is InChI=1S/C21H20N4O2/c1-21(14-23,11-15-3-2-4-16(9-15)12-22)18-6-5-17-13-25(7-8-26)20(27)24-19(17)10-18/h2-6,9-10,26H,7-8,11,13H2,1H3,(H,24,27). The lowest BCUT2D eigenvalue weighted by molar-refractivity contribution is 0.183. The minimum absolute atomic E-state index is 0.0882. The lowest BCUT2D eigenvalue weighted by Crippen LogP contribution is -2.40. The van der Waals surface area contributed by atoms with Crippen LogP contribution in [0, 0.1) is 22.7 Å². The molecule has 2 aromatic rings. The van der Waals surface area contributed by atoms with E-state index in [9.17, 15) is 10.1 Å². The van der Waals surface area contributed by atoms with Crippen LogP contribution in [-0.4, -0.2) is 29.2 Å². The number of aliphatic hydroxyl groups is 1. The van der Waals surface area contributed by atoms with Crippen LogP contribution < -0.4 is 5.32 Å². The van der Waals surface area contributed by atoms with E-state index < -0.39 is 5.41 Å². The molecule has 6 heteroatoms. The Kier molecular flexibility index (Phi) is 5.12. The SMILES string of the molecule is CC(C#N)(Cc1cccc(C#N)c1)c1ccc2c(c1)NC(=O)N(CCO)C2. The Balaban J connectivity index is 1.90. The highest BCUT2D eigenvalue weighted by atomic mass is 16.3. The van der Waals surface area contributed by atoms with E-state index in [-0.39, 0.29) is 19.2 Å². The molecule has 3 rings (SSSR count). The van der Waals surface area contributed by atoms with Crippen LogP contribution in [0.15, 0.2) is 42.5 Å². The summed E-state index contributed by atoms with van der Waals surface area (Å²) >= 11 is 0. The van der Waals surface area contributed by atoms with Gasteiger partial charge in [-0.2, -0.15) is 10.5 Å². The van der Waals surface area contributed by atoms with Gasteiger partial charge in [-0.15, -0.1) is 0 Å². The molecule has 6 nitrogen and oxygen atoms in total. The van der Waals surface area contributed by atoms with Crippen molar-refractivity contribution >= 4 is 11.7 Å². The predicted octanol–water partition coefficient (Wildman–Crippen LogP) is 2.92. The van der Waals surface area contributed by atoms with Gasteiger partial charge < -0.3 is 15.3 Å². The van der Waals surface area contributed by atoms with Crippen LogP contribution in [0.25, 0.3) is 0 Å². The lowest BCUT2D eigenvalue weighted by Gasteiger charge is -2.30. The molecular formula is C21H20N4O2. The third-order valence-corrected chi connectivity index (χ3v) is 4.87. The summed E-state index contributed by atoms with van der Waals surface area (Å²) < 4.78 is 0. The molecule has 136 valence electrons. The molecule has 0 aliphatic carbocycles. The van der Waals surface area contributed by atoms with Gasteiger partial charge in [-0.25, -0.2) is 4.79 Å². The van der Waals surface area contributed by atoms with E-state index in [1.807, 2.05) is 37.3 Å². The molecule has 1 aliphatic rings. The summed E-state index contributed by atoms with van der Waals surface area (Å²) in [5, 5.41) is 30.8. The Morgan fingerprint density at radius 1 is 1.26 bits per heavy atom. The second-order valence-corrected chi connectivity index (χ2v) is 6.88. The first-order chi connectivity index (χ1) is 13.0. The number of nitrogens with one attached hydrogen (secondary N) is 1. The van der Waals surface area contributed by atoms with Crippen molar-refractivity contribution in [2.45, 2.75) is 25.3 Å². The average Bonchev–Trinajstić information content (AvgIpc) is 2.68. The third-order valence-electron chi connectivity index (χ3n) is 4.87. The number of anilines is 1. The van der Waals surface area contributed by atoms with Gasteiger partial charge in [0.25, 0.3) is 0 Å². The Morgan fingerprint density at radius 3 is 2.78 bits per heavy atom. The zero-order chi connectivity index (χ0) is 19.4. The summed E-state index contributed by atoms with van der Waals surface area (Å²) in [5.41, 5.74) is 3.12. The fourth-order valence-electron chi connectivity index (χ4n) is 3.31. The second-order valence-electron chi connectivity index (χ2n) is 6.88. The molecule has 2 aromatic carbocycles. The monoisotopic (exact) mass is 360 g/mol. The Labute approximate surface area is 158 Å². The van der Waals surface area contributed by atoms with Crippen LogP contribution in [0.4, 0.5) is 10.5 Å². The number of hydrogen-bond acceptors (Lipinski definition) is 4. The number of nitrogens with zero attached hydrogens (tertiary/aromatic N) is 3. The van der Waals surface area contributed by atoms with E-state index in [0.717, 1.165) is 16.7 Å². The van der Waals surface area contributed by atoms with Gasteiger partial charge >= 0.3 is 6.03 Å². The molecule has 2 N–H and O–H groups in total. The summed E-state index contributed by atoms with van der Waals surface area (Å²) in [4.78, 5) is 13.7. The molecule has 1 aliphatic heterocycles. The number of hydrogen-bond donors (Lipinski definition) is 2. The molecular weight excluding hydrogens is 340 g/mol. The van der Waals surface area contributed by atoms with Crippen LogP contribution >= 0.6 is 0 Å². The Morgan fingerprint density at radius 2 is 2.07 bits per heavy atom. The summed E-state index contributed by atoms with van der Waals surface area (Å²) in [7, 11) is 0. The van der Waals surface area contributed by atoms with Gasteiger partial charge in [0.05, 0.1) is 29.7 Å². The normalized spacial score (nSPS) is 15.1. The van der Waals surface area contributed by atoms with Crippen molar-refractivity contribution in [1.29, 1.82) is 10.5 Å². The number of fused-ring (bicyclic) bond motifs is 1. The molecule has 27 heavy (non-hydrogen) atoms. The molecule has 0 radical (unpaired) electrons. The van der Waals surface area contributed by atoms with Crippen LogP contribution in [0.1, 0.15) is 29.2 Å². The quantitative estimate of drug-likeness (QED) is 0.856. The highest BCUT2D eigenvalue weighted by Crippen LogP contribution is 2.33. The van der Waals surface area contributed by atoms with Gasteiger partial charge in [0.15, 0.2) is 0 Å².